The molecule has 3 aromatic rings. The maximum atomic E-state index is 12.8. The third-order valence-electron chi connectivity index (χ3n) is 3.92. The summed E-state index contributed by atoms with van der Waals surface area (Å²) in [6.45, 7) is 0. The number of benzene rings is 2. The second-order valence-electron chi connectivity index (χ2n) is 6.20. The van der Waals surface area contributed by atoms with Crippen LogP contribution in [-0.4, -0.2) is 24.2 Å². The number of hydrogen-bond donors (Lipinski definition) is 2. The number of halogens is 4. The highest BCUT2D eigenvalue weighted by molar-refractivity contribution is 9.10. The van der Waals surface area contributed by atoms with Crippen molar-refractivity contribution in [3.05, 3.63) is 69.1 Å². The van der Waals surface area contributed by atoms with Gasteiger partial charge in [0.15, 0.2) is 5.13 Å². The number of nitrogens with zero attached hydrogens (tertiary/aromatic N) is 2. The Labute approximate surface area is 188 Å². The third-order valence-corrected chi connectivity index (χ3v) is 5.22. The molecule has 0 atom stereocenters. The minimum absolute atomic E-state index is 0.0340. The number of alkyl halides is 3. The van der Waals surface area contributed by atoms with Gasteiger partial charge in [0.05, 0.1) is 31.0 Å². The first-order valence-electron chi connectivity index (χ1n) is 8.79. The average Bonchev–Trinajstić information content (AvgIpc) is 3.14. The largest absolute Gasteiger partial charge is 0.496 e. The van der Waals surface area contributed by atoms with Crippen molar-refractivity contribution < 1.29 is 22.7 Å². The molecule has 1 amide bonds. The molecule has 0 saturated heterocycles. The Bertz CT molecular complexity index is 1100. The van der Waals surface area contributed by atoms with Crippen molar-refractivity contribution in [2.45, 2.75) is 12.6 Å². The van der Waals surface area contributed by atoms with Crippen molar-refractivity contribution in [3.63, 3.8) is 0 Å². The van der Waals surface area contributed by atoms with Crippen LogP contribution in [0.4, 0.5) is 24.0 Å². The van der Waals surface area contributed by atoms with Gasteiger partial charge < -0.3 is 10.1 Å². The van der Waals surface area contributed by atoms with Crippen molar-refractivity contribution in [1.82, 2.24) is 10.4 Å². The fourth-order valence-electron chi connectivity index (χ4n) is 2.53. The van der Waals surface area contributed by atoms with Crippen LogP contribution in [0.3, 0.4) is 0 Å². The van der Waals surface area contributed by atoms with E-state index in [4.69, 9.17) is 4.74 Å². The molecule has 0 aliphatic rings. The first kappa shape index (κ1) is 22.8. The molecule has 6 nitrogen and oxygen atoms in total. The number of amides is 1. The molecule has 1 heterocycles. The molecule has 2 aromatic carbocycles. The van der Waals surface area contributed by atoms with E-state index in [1.807, 2.05) is 6.07 Å². The Morgan fingerprint density at radius 2 is 2.10 bits per heavy atom. The number of hydrazone groups is 1. The molecule has 1 aromatic heterocycles. The van der Waals surface area contributed by atoms with E-state index in [1.54, 1.807) is 17.5 Å². The number of hydrogen-bond acceptors (Lipinski definition) is 6. The van der Waals surface area contributed by atoms with Gasteiger partial charge in [-0.15, -0.1) is 11.3 Å². The fraction of sp³-hybridized carbons (Fsp3) is 0.150. The average molecular weight is 513 g/mol. The Hall–Kier alpha value is -2.92. The topological polar surface area (TPSA) is 75.6 Å². The molecule has 0 aliphatic heterocycles. The Morgan fingerprint density at radius 1 is 1.29 bits per heavy atom. The fourth-order valence-corrected chi connectivity index (χ4v) is 3.64. The number of thiazole rings is 1. The first-order valence-corrected chi connectivity index (χ1v) is 10.5. The lowest BCUT2D eigenvalue weighted by Crippen LogP contribution is -2.20. The van der Waals surface area contributed by atoms with Crippen molar-refractivity contribution in [2.75, 3.05) is 12.4 Å². The summed E-state index contributed by atoms with van der Waals surface area (Å²) in [4.78, 5) is 16.3. The van der Waals surface area contributed by atoms with Gasteiger partial charge in [-0.1, -0.05) is 22.0 Å². The van der Waals surface area contributed by atoms with Crippen LogP contribution in [0.25, 0.3) is 0 Å². The molecule has 0 bridgehead atoms. The highest BCUT2D eigenvalue weighted by Gasteiger charge is 2.30. The SMILES string of the molecule is COc1ccc(Br)cc1/C=N\NC(=O)Cc1csc(Nc2cccc(C(F)(F)F)c2)n1. The van der Waals surface area contributed by atoms with Gasteiger partial charge >= 0.3 is 6.18 Å². The highest BCUT2D eigenvalue weighted by Crippen LogP contribution is 2.31. The minimum atomic E-state index is -4.43. The van der Waals surface area contributed by atoms with E-state index in [0.717, 1.165) is 16.6 Å². The standard InChI is InChI=1S/C20H16BrF3N4O2S/c1-30-17-6-5-14(21)7-12(17)10-25-28-18(29)9-16-11-31-19(27-16)26-15-4-2-3-13(8-15)20(22,23)24/h2-8,10-11H,9H2,1H3,(H,26,27)(H,28,29)/b25-10-. The van der Waals surface area contributed by atoms with Gasteiger partial charge in [-0.2, -0.15) is 18.3 Å². The lowest BCUT2D eigenvalue weighted by molar-refractivity contribution is -0.137. The first-order chi connectivity index (χ1) is 14.7. The van der Waals surface area contributed by atoms with Gasteiger partial charge in [0.1, 0.15) is 5.75 Å². The van der Waals surface area contributed by atoms with E-state index >= 15 is 0 Å². The van der Waals surface area contributed by atoms with Crippen molar-refractivity contribution in [1.29, 1.82) is 0 Å². The maximum absolute atomic E-state index is 12.8. The molecule has 3 rings (SSSR count). The second kappa shape index (κ2) is 9.92. The van der Waals surface area contributed by atoms with E-state index in [0.29, 0.717) is 22.1 Å². The molecule has 0 spiro atoms. The van der Waals surface area contributed by atoms with E-state index < -0.39 is 11.7 Å². The van der Waals surface area contributed by atoms with Crippen molar-refractivity contribution >= 4 is 50.2 Å². The third kappa shape index (κ3) is 6.53. The van der Waals surface area contributed by atoms with Gasteiger partial charge in [0, 0.05) is 21.1 Å². The molecular weight excluding hydrogens is 497 g/mol. The minimum Gasteiger partial charge on any atom is -0.496 e. The summed E-state index contributed by atoms with van der Waals surface area (Å²) in [6, 6.07) is 10.2. The summed E-state index contributed by atoms with van der Waals surface area (Å²) in [5, 5.41) is 8.77. The van der Waals surface area contributed by atoms with Crippen LogP contribution in [0.15, 0.2) is 57.4 Å². The molecule has 0 unspecified atom stereocenters. The van der Waals surface area contributed by atoms with E-state index in [-0.39, 0.29) is 18.0 Å². The zero-order valence-electron chi connectivity index (χ0n) is 16.0. The van der Waals surface area contributed by atoms with Crippen molar-refractivity contribution in [2.24, 2.45) is 5.10 Å². The number of anilines is 2. The molecule has 2 N–H and O–H groups in total. The normalized spacial score (nSPS) is 11.5. The lowest BCUT2D eigenvalue weighted by atomic mass is 10.2. The number of methoxy groups -OCH3 is 1. The van der Waals surface area contributed by atoms with Crippen LogP contribution in [-0.2, 0) is 17.4 Å². The summed E-state index contributed by atoms with van der Waals surface area (Å²) in [5.41, 5.74) is 3.06. The molecule has 162 valence electrons. The quantitative estimate of drug-likeness (QED) is 0.329. The van der Waals surface area contributed by atoms with E-state index in [2.05, 4.69) is 36.8 Å². The van der Waals surface area contributed by atoms with Gasteiger partial charge in [-0.25, -0.2) is 10.4 Å². The second-order valence-corrected chi connectivity index (χ2v) is 7.98. The zero-order chi connectivity index (χ0) is 22.4. The number of rotatable bonds is 7. The molecule has 11 heteroatoms. The van der Waals surface area contributed by atoms with Crippen LogP contribution in [0.5, 0.6) is 5.75 Å². The summed E-state index contributed by atoms with van der Waals surface area (Å²) < 4.78 is 44.5. The van der Waals surface area contributed by atoms with Gasteiger partial charge in [-0.3, -0.25) is 4.79 Å². The van der Waals surface area contributed by atoms with Gasteiger partial charge in [0.25, 0.3) is 0 Å². The molecule has 0 fully saturated rings. The van der Waals surface area contributed by atoms with Crippen LogP contribution >= 0.6 is 27.3 Å². The monoisotopic (exact) mass is 512 g/mol. The van der Waals surface area contributed by atoms with Gasteiger partial charge in [-0.05, 0) is 36.4 Å². The van der Waals surface area contributed by atoms with Gasteiger partial charge in [0.2, 0.25) is 5.91 Å². The summed E-state index contributed by atoms with van der Waals surface area (Å²) in [5.74, 6) is 0.215. The summed E-state index contributed by atoms with van der Waals surface area (Å²) in [6.07, 6.45) is -3.00. The number of ether oxygens (including phenoxy) is 1. The molecule has 0 radical (unpaired) electrons. The predicted octanol–water partition coefficient (Wildman–Crippen LogP) is 5.37. The van der Waals surface area contributed by atoms with Crippen LogP contribution in [0, 0.1) is 0 Å². The smallest absolute Gasteiger partial charge is 0.416 e. The number of nitrogens with one attached hydrogen (secondary N) is 2. The van der Waals surface area contributed by atoms with Crippen LogP contribution in [0.2, 0.25) is 0 Å². The Balaban J connectivity index is 1.57. The number of carbonyl (C=O) groups excluding carboxylic acids is 1. The number of aromatic nitrogens is 1. The molecular formula is C20H16BrF3N4O2S. The van der Waals surface area contributed by atoms with Crippen molar-refractivity contribution in [3.8, 4) is 5.75 Å². The maximum Gasteiger partial charge on any atom is 0.416 e. The molecule has 0 saturated carbocycles. The Kier molecular flexibility index (Phi) is 7.29. The zero-order valence-corrected chi connectivity index (χ0v) is 18.4. The highest BCUT2D eigenvalue weighted by atomic mass is 79.9. The summed E-state index contributed by atoms with van der Waals surface area (Å²) >= 11 is 4.54. The number of carbonyl (C=O) groups is 1. The Morgan fingerprint density at radius 3 is 2.84 bits per heavy atom. The van der Waals surface area contributed by atoms with E-state index in [9.17, 15) is 18.0 Å². The molecule has 31 heavy (non-hydrogen) atoms. The van der Waals surface area contributed by atoms with E-state index in [1.165, 1.54) is 36.8 Å². The van der Waals surface area contributed by atoms with Crippen LogP contribution in [0.1, 0.15) is 16.8 Å². The van der Waals surface area contributed by atoms with Crippen LogP contribution < -0.4 is 15.5 Å². The molecule has 0 aliphatic carbocycles. The predicted molar refractivity (Wildman–Crippen MR) is 117 cm³/mol. The summed E-state index contributed by atoms with van der Waals surface area (Å²) in [7, 11) is 1.53. The lowest BCUT2D eigenvalue weighted by Gasteiger charge is -2.08.